The maximum Gasteiger partial charge on any atom is 0.124 e. The highest BCUT2D eigenvalue weighted by atomic mass is 16.5. The molecule has 2 aromatic rings. The van der Waals surface area contributed by atoms with Gasteiger partial charge in [-0.15, -0.1) is 0 Å². The maximum absolute atomic E-state index is 5.61. The molecule has 1 atom stereocenters. The van der Waals surface area contributed by atoms with Crippen LogP contribution in [0.2, 0.25) is 0 Å². The van der Waals surface area contributed by atoms with Crippen LogP contribution < -0.4 is 10.1 Å². The van der Waals surface area contributed by atoms with Crippen LogP contribution in [0, 0.1) is 13.8 Å². The van der Waals surface area contributed by atoms with E-state index in [1.54, 1.807) is 13.4 Å². The highest BCUT2D eigenvalue weighted by Crippen LogP contribution is 2.33. The fourth-order valence-electron chi connectivity index (χ4n) is 2.61. The van der Waals surface area contributed by atoms with Crippen molar-refractivity contribution in [3.8, 4) is 5.75 Å². The number of nitrogens with zero attached hydrogens (tertiary/aromatic N) is 2. The van der Waals surface area contributed by atoms with Crippen molar-refractivity contribution in [2.24, 2.45) is 0 Å². The number of hydrogen-bond donors (Lipinski definition) is 1. The van der Waals surface area contributed by atoms with Gasteiger partial charge in [-0.25, -0.2) is 9.97 Å². The minimum absolute atomic E-state index is 0.0432. The molecule has 0 fully saturated rings. The Bertz CT molecular complexity index is 584. The number of rotatable bonds is 6. The van der Waals surface area contributed by atoms with Gasteiger partial charge in [0.1, 0.15) is 12.1 Å². The van der Waals surface area contributed by atoms with Crippen molar-refractivity contribution in [2.75, 3.05) is 13.7 Å². The standard InChI is InChI=1S/C17H23N3O/c1-5-6-20-17(14-9-18-11-19-10-14)16-13(3)7-12(2)8-15(16)21-4/h7-11,17,20H,5-6H2,1-4H3. The average Bonchev–Trinajstić information content (AvgIpc) is 2.49. The van der Waals surface area contributed by atoms with E-state index in [1.165, 1.54) is 11.1 Å². The topological polar surface area (TPSA) is 47.0 Å². The average molecular weight is 285 g/mol. The van der Waals surface area contributed by atoms with Crippen LogP contribution >= 0.6 is 0 Å². The monoisotopic (exact) mass is 285 g/mol. The number of hydrogen-bond acceptors (Lipinski definition) is 4. The Balaban J connectivity index is 2.51. The molecule has 112 valence electrons. The van der Waals surface area contributed by atoms with E-state index >= 15 is 0 Å². The molecule has 1 unspecified atom stereocenters. The molecule has 21 heavy (non-hydrogen) atoms. The van der Waals surface area contributed by atoms with Gasteiger partial charge in [-0.05, 0) is 44.0 Å². The van der Waals surface area contributed by atoms with Gasteiger partial charge in [-0.3, -0.25) is 0 Å². The van der Waals surface area contributed by atoms with E-state index in [9.17, 15) is 0 Å². The van der Waals surface area contributed by atoms with Gasteiger partial charge in [-0.2, -0.15) is 0 Å². The lowest BCUT2D eigenvalue weighted by molar-refractivity contribution is 0.402. The summed E-state index contributed by atoms with van der Waals surface area (Å²) in [7, 11) is 1.72. The van der Waals surface area contributed by atoms with Crippen LogP contribution in [0.1, 0.15) is 41.6 Å². The van der Waals surface area contributed by atoms with E-state index in [4.69, 9.17) is 4.74 Å². The van der Waals surface area contributed by atoms with Crippen LogP contribution in [-0.4, -0.2) is 23.6 Å². The summed E-state index contributed by atoms with van der Waals surface area (Å²) < 4.78 is 5.61. The van der Waals surface area contributed by atoms with Crippen LogP contribution in [-0.2, 0) is 0 Å². The number of nitrogens with one attached hydrogen (secondary N) is 1. The summed E-state index contributed by atoms with van der Waals surface area (Å²) in [5.74, 6) is 0.907. The molecule has 0 saturated carbocycles. The van der Waals surface area contributed by atoms with Crippen molar-refractivity contribution in [1.82, 2.24) is 15.3 Å². The molecule has 1 aromatic heterocycles. The summed E-state index contributed by atoms with van der Waals surface area (Å²) in [5.41, 5.74) is 4.62. The molecular weight excluding hydrogens is 262 g/mol. The fraction of sp³-hybridized carbons (Fsp3) is 0.412. The molecule has 4 heteroatoms. The second-order valence-corrected chi connectivity index (χ2v) is 5.26. The lowest BCUT2D eigenvalue weighted by Gasteiger charge is -2.23. The summed E-state index contributed by atoms with van der Waals surface area (Å²) in [6.07, 6.45) is 6.34. The number of methoxy groups -OCH3 is 1. The van der Waals surface area contributed by atoms with Crippen molar-refractivity contribution in [3.63, 3.8) is 0 Å². The first-order valence-corrected chi connectivity index (χ1v) is 7.30. The minimum atomic E-state index is 0.0432. The van der Waals surface area contributed by atoms with Gasteiger partial charge in [0.15, 0.2) is 0 Å². The second kappa shape index (κ2) is 7.18. The smallest absolute Gasteiger partial charge is 0.124 e. The Hall–Kier alpha value is -1.94. The summed E-state index contributed by atoms with van der Waals surface area (Å²) in [6.45, 7) is 7.29. The number of aryl methyl sites for hydroxylation is 2. The lowest BCUT2D eigenvalue weighted by atomic mass is 9.94. The van der Waals surface area contributed by atoms with Gasteiger partial charge in [0.2, 0.25) is 0 Å². The molecule has 0 saturated heterocycles. The summed E-state index contributed by atoms with van der Waals surface area (Å²) in [6, 6.07) is 4.30. The van der Waals surface area contributed by atoms with E-state index in [0.717, 1.165) is 29.8 Å². The van der Waals surface area contributed by atoms with E-state index in [2.05, 4.69) is 48.2 Å². The highest BCUT2D eigenvalue weighted by molar-refractivity contribution is 5.48. The first-order valence-electron chi connectivity index (χ1n) is 7.30. The molecule has 1 heterocycles. The molecule has 1 aromatic carbocycles. The summed E-state index contributed by atoms with van der Waals surface area (Å²) in [5, 5.41) is 3.58. The van der Waals surface area contributed by atoms with Crippen LogP contribution in [0.15, 0.2) is 30.9 Å². The zero-order valence-electron chi connectivity index (χ0n) is 13.2. The van der Waals surface area contributed by atoms with Crippen molar-refractivity contribution in [1.29, 1.82) is 0 Å². The number of aromatic nitrogens is 2. The summed E-state index contributed by atoms with van der Waals surface area (Å²) in [4.78, 5) is 8.30. The van der Waals surface area contributed by atoms with Crippen LogP contribution in [0.4, 0.5) is 0 Å². The SMILES string of the molecule is CCCNC(c1cncnc1)c1c(C)cc(C)cc1OC. The molecule has 4 nitrogen and oxygen atoms in total. The van der Waals surface area contributed by atoms with E-state index in [-0.39, 0.29) is 6.04 Å². The maximum atomic E-state index is 5.61. The third-order valence-corrected chi connectivity index (χ3v) is 3.51. The zero-order chi connectivity index (χ0) is 15.2. The van der Waals surface area contributed by atoms with Crippen LogP contribution in [0.3, 0.4) is 0 Å². The molecule has 2 rings (SSSR count). The fourth-order valence-corrected chi connectivity index (χ4v) is 2.61. The van der Waals surface area contributed by atoms with Crippen LogP contribution in [0.25, 0.3) is 0 Å². The Morgan fingerprint density at radius 2 is 1.90 bits per heavy atom. The predicted molar refractivity (Wildman–Crippen MR) is 84.6 cm³/mol. The molecule has 1 N–H and O–H groups in total. The normalized spacial score (nSPS) is 12.2. The predicted octanol–water partition coefficient (Wildman–Crippen LogP) is 3.19. The van der Waals surface area contributed by atoms with Gasteiger partial charge in [0, 0.05) is 23.5 Å². The largest absolute Gasteiger partial charge is 0.496 e. The molecule has 0 amide bonds. The first kappa shape index (κ1) is 15.4. The summed E-state index contributed by atoms with van der Waals surface area (Å²) >= 11 is 0. The van der Waals surface area contributed by atoms with E-state index in [1.807, 2.05) is 12.4 Å². The van der Waals surface area contributed by atoms with Gasteiger partial charge in [0.25, 0.3) is 0 Å². The van der Waals surface area contributed by atoms with Gasteiger partial charge in [-0.1, -0.05) is 13.0 Å². The van der Waals surface area contributed by atoms with Crippen molar-refractivity contribution < 1.29 is 4.74 Å². The quantitative estimate of drug-likeness (QED) is 0.885. The molecule has 0 bridgehead atoms. The van der Waals surface area contributed by atoms with E-state index < -0.39 is 0 Å². The van der Waals surface area contributed by atoms with Crippen LogP contribution in [0.5, 0.6) is 5.75 Å². The Morgan fingerprint density at radius 1 is 1.19 bits per heavy atom. The van der Waals surface area contributed by atoms with Gasteiger partial charge in [0.05, 0.1) is 13.2 Å². The van der Waals surface area contributed by atoms with Crippen molar-refractivity contribution >= 4 is 0 Å². The second-order valence-electron chi connectivity index (χ2n) is 5.26. The number of ether oxygens (including phenoxy) is 1. The third kappa shape index (κ3) is 3.58. The zero-order valence-corrected chi connectivity index (χ0v) is 13.2. The molecule has 0 aliphatic heterocycles. The minimum Gasteiger partial charge on any atom is -0.496 e. The number of benzene rings is 1. The molecular formula is C17H23N3O. The van der Waals surface area contributed by atoms with E-state index in [0.29, 0.717) is 0 Å². The molecule has 0 aliphatic carbocycles. The Labute approximate surface area is 126 Å². The van der Waals surface area contributed by atoms with Crippen molar-refractivity contribution in [2.45, 2.75) is 33.2 Å². The van der Waals surface area contributed by atoms with Crippen molar-refractivity contribution in [3.05, 3.63) is 53.1 Å². The Kier molecular flexibility index (Phi) is 5.28. The third-order valence-electron chi connectivity index (χ3n) is 3.51. The lowest BCUT2D eigenvalue weighted by Crippen LogP contribution is -2.25. The molecule has 0 spiro atoms. The Morgan fingerprint density at radius 3 is 2.52 bits per heavy atom. The van der Waals surface area contributed by atoms with Gasteiger partial charge >= 0.3 is 0 Å². The first-order chi connectivity index (χ1) is 10.2. The van der Waals surface area contributed by atoms with Gasteiger partial charge < -0.3 is 10.1 Å². The molecule has 0 radical (unpaired) electrons. The molecule has 0 aliphatic rings. The highest BCUT2D eigenvalue weighted by Gasteiger charge is 2.20.